The third-order valence-electron chi connectivity index (χ3n) is 4.39. The van der Waals surface area contributed by atoms with Gasteiger partial charge in [0.05, 0.1) is 5.75 Å². The second-order valence-electron chi connectivity index (χ2n) is 6.22. The zero-order valence-electron chi connectivity index (χ0n) is 12.9. The first-order valence-electron chi connectivity index (χ1n) is 7.66. The number of carbonyl (C=O) groups is 2. The summed E-state index contributed by atoms with van der Waals surface area (Å²) < 4.78 is 0. The Hall–Kier alpha value is -1.15. The molecule has 0 aromatic rings. The normalized spacial score (nSPS) is 24.5. The van der Waals surface area contributed by atoms with Crippen molar-refractivity contribution in [2.24, 2.45) is 5.92 Å². The van der Waals surface area contributed by atoms with Crippen LogP contribution in [-0.4, -0.2) is 46.3 Å². The number of nitrogens with zero attached hydrogens (tertiary/aromatic N) is 1. The molecule has 1 saturated heterocycles. The first-order valence-corrected chi connectivity index (χ1v) is 8.81. The van der Waals surface area contributed by atoms with Crippen molar-refractivity contribution in [3.8, 4) is 12.3 Å². The molecule has 1 atom stereocenters. The zero-order valence-corrected chi connectivity index (χ0v) is 13.7. The molecule has 1 unspecified atom stereocenters. The molecule has 0 aromatic carbocycles. The number of hydrogen-bond acceptors (Lipinski definition) is 3. The zero-order chi connectivity index (χ0) is 15.5. The summed E-state index contributed by atoms with van der Waals surface area (Å²) in [5.74, 6) is 4.25. The Labute approximate surface area is 131 Å². The molecule has 0 radical (unpaired) electrons. The molecule has 0 bridgehead atoms. The molecule has 1 heterocycles. The summed E-state index contributed by atoms with van der Waals surface area (Å²) in [7, 11) is 0. The van der Waals surface area contributed by atoms with E-state index in [-0.39, 0.29) is 23.8 Å². The molecule has 21 heavy (non-hydrogen) atoms. The summed E-state index contributed by atoms with van der Waals surface area (Å²) in [6.45, 7) is 4.58. The van der Waals surface area contributed by atoms with Crippen molar-refractivity contribution >= 4 is 23.6 Å². The van der Waals surface area contributed by atoms with Crippen LogP contribution in [0.2, 0.25) is 0 Å². The summed E-state index contributed by atoms with van der Waals surface area (Å²) in [5.41, 5.74) is -0.626. The average molecular weight is 308 g/mol. The molecular formula is C16H24N2O2S. The number of piperazine rings is 1. The Morgan fingerprint density at radius 2 is 2.10 bits per heavy atom. The minimum atomic E-state index is -0.626. The number of rotatable bonds is 5. The predicted octanol–water partition coefficient (Wildman–Crippen LogP) is 1.65. The minimum Gasteiger partial charge on any atom is -0.340 e. The van der Waals surface area contributed by atoms with Crippen LogP contribution in [0.15, 0.2) is 0 Å². The van der Waals surface area contributed by atoms with Gasteiger partial charge in [0.1, 0.15) is 11.6 Å². The maximum atomic E-state index is 12.9. The Balaban J connectivity index is 2.15. The van der Waals surface area contributed by atoms with Crippen molar-refractivity contribution < 1.29 is 9.59 Å². The Kier molecular flexibility index (Phi) is 5.21. The molecule has 1 aliphatic heterocycles. The van der Waals surface area contributed by atoms with Crippen LogP contribution in [0.25, 0.3) is 0 Å². The first kappa shape index (κ1) is 16.2. The summed E-state index contributed by atoms with van der Waals surface area (Å²) in [6, 6.07) is -0.352. The molecule has 2 amide bonds. The highest BCUT2D eigenvalue weighted by Gasteiger charge is 2.52. The van der Waals surface area contributed by atoms with Crippen LogP contribution < -0.4 is 5.32 Å². The fourth-order valence-electron chi connectivity index (χ4n) is 3.42. The van der Waals surface area contributed by atoms with Gasteiger partial charge in [-0.05, 0) is 18.8 Å². The van der Waals surface area contributed by atoms with Crippen LogP contribution in [0, 0.1) is 18.3 Å². The van der Waals surface area contributed by atoms with Crippen LogP contribution in [0.4, 0.5) is 0 Å². The molecule has 1 saturated carbocycles. The maximum absolute atomic E-state index is 12.9. The lowest BCUT2D eigenvalue weighted by Crippen LogP contribution is -2.70. The van der Waals surface area contributed by atoms with Crippen LogP contribution in [0.3, 0.4) is 0 Å². The largest absolute Gasteiger partial charge is 0.340 e. The topological polar surface area (TPSA) is 49.4 Å². The van der Waals surface area contributed by atoms with Gasteiger partial charge in [-0.25, -0.2) is 0 Å². The fourth-order valence-corrected chi connectivity index (χ4v) is 4.01. The van der Waals surface area contributed by atoms with Crippen LogP contribution >= 0.6 is 11.8 Å². The van der Waals surface area contributed by atoms with Crippen molar-refractivity contribution in [2.75, 3.05) is 18.1 Å². The van der Waals surface area contributed by atoms with Gasteiger partial charge >= 0.3 is 0 Å². The lowest BCUT2D eigenvalue weighted by atomic mass is 9.87. The van der Waals surface area contributed by atoms with E-state index in [0.29, 0.717) is 12.3 Å². The van der Waals surface area contributed by atoms with Crippen molar-refractivity contribution in [1.82, 2.24) is 10.2 Å². The van der Waals surface area contributed by atoms with Crippen molar-refractivity contribution in [1.29, 1.82) is 0 Å². The van der Waals surface area contributed by atoms with E-state index in [1.807, 2.05) is 13.8 Å². The quantitative estimate of drug-likeness (QED) is 0.620. The predicted molar refractivity (Wildman–Crippen MR) is 85.8 cm³/mol. The smallest absolute Gasteiger partial charge is 0.249 e. The van der Waals surface area contributed by atoms with Gasteiger partial charge in [0.2, 0.25) is 11.8 Å². The molecule has 4 nitrogen and oxygen atoms in total. The highest BCUT2D eigenvalue weighted by atomic mass is 32.2. The van der Waals surface area contributed by atoms with E-state index in [4.69, 9.17) is 6.42 Å². The minimum absolute atomic E-state index is 0.00782. The Morgan fingerprint density at radius 1 is 1.43 bits per heavy atom. The molecule has 0 aromatic heterocycles. The summed E-state index contributed by atoms with van der Waals surface area (Å²) in [5, 5.41) is 3.04. The number of carbonyl (C=O) groups excluding carboxylic acids is 2. The number of hydrogen-bond donors (Lipinski definition) is 1. The van der Waals surface area contributed by atoms with Gasteiger partial charge < -0.3 is 10.2 Å². The highest BCUT2D eigenvalue weighted by molar-refractivity contribution is 7.99. The van der Waals surface area contributed by atoms with Crippen LogP contribution in [0.1, 0.15) is 39.5 Å². The Bertz CT molecular complexity index is 450. The molecular weight excluding hydrogens is 284 g/mol. The van der Waals surface area contributed by atoms with E-state index in [0.717, 1.165) is 31.4 Å². The third-order valence-corrected chi connectivity index (χ3v) is 5.23. The number of nitrogens with one attached hydrogen (secondary N) is 1. The van der Waals surface area contributed by atoms with Gasteiger partial charge in [0, 0.05) is 12.3 Å². The molecule has 5 heteroatoms. The number of thioether (sulfide) groups is 1. The van der Waals surface area contributed by atoms with E-state index in [1.54, 1.807) is 16.7 Å². The van der Waals surface area contributed by atoms with Crippen molar-refractivity contribution in [2.45, 2.75) is 51.1 Å². The molecule has 1 N–H and O–H groups in total. The van der Waals surface area contributed by atoms with Crippen LogP contribution in [0.5, 0.6) is 0 Å². The van der Waals surface area contributed by atoms with Gasteiger partial charge in [0.15, 0.2) is 0 Å². The highest BCUT2D eigenvalue weighted by Crippen LogP contribution is 2.35. The lowest BCUT2D eigenvalue weighted by Gasteiger charge is -2.45. The number of amides is 2. The molecule has 1 spiro atoms. The standard InChI is InChI=1S/C16H24N2O2S/c1-4-10-21-11-9-18-13(12(2)3)14(19)17-16(15(18)20)7-5-6-8-16/h1,12-13H,5-11H2,2-3H3,(H,17,19). The second kappa shape index (κ2) is 6.74. The van der Waals surface area contributed by atoms with Crippen molar-refractivity contribution in [3.05, 3.63) is 0 Å². The first-order chi connectivity index (χ1) is 10.0. The van der Waals surface area contributed by atoms with E-state index in [2.05, 4.69) is 11.2 Å². The van der Waals surface area contributed by atoms with Gasteiger partial charge in [-0.15, -0.1) is 18.2 Å². The van der Waals surface area contributed by atoms with Gasteiger partial charge in [-0.3, -0.25) is 9.59 Å². The molecule has 116 valence electrons. The van der Waals surface area contributed by atoms with E-state index >= 15 is 0 Å². The lowest BCUT2D eigenvalue weighted by molar-refractivity contribution is -0.156. The van der Waals surface area contributed by atoms with Crippen LogP contribution in [-0.2, 0) is 9.59 Å². The fraction of sp³-hybridized carbons (Fsp3) is 0.750. The van der Waals surface area contributed by atoms with Gasteiger partial charge in [-0.2, -0.15) is 0 Å². The van der Waals surface area contributed by atoms with Crippen molar-refractivity contribution in [3.63, 3.8) is 0 Å². The molecule has 2 rings (SSSR count). The van der Waals surface area contributed by atoms with Gasteiger partial charge in [0.25, 0.3) is 0 Å². The monoisotopic (exact) mass is 308 g/mol. The second-order valence-corrected chi connectivity index (χ2v) is 7.33. The maximum Gasteiger partial charge on any atom is 0.249 e. The van der Waals surface area contributed by atoms with E-state index in [9.17, 15) is 9.59 Å². The summed E-state index contributed by atoms with van der Waals surface area (Å²) in [6.07, 6.45) is 8.82. The third kappa shape index (κ3) is 3.21. The number of terminal acetylenes is 1. The summed E-state index contributed by atoms with van der Waals surface area (Å²) >= 11 is 1.63. The Morgan fingerprint density at radius 3 is 2.67 bits per heavy atom. The summed E-state index contributed by atoms with van der Waals surface area (Å²) in [4.78, 5) is 27.2. The van der Waals surface area contributed by atoms with Gasteiger partial charge in [-0.1, -0.05) is 32.6 Å². The molecule has 2 aliphatic rings. The SMILES string of the molecule is C#CCSCCN1C(=O)C2(CCCC2)NC(=O)C1C(C)C. The molecule has 2 fully saturated rings. The average Bonchev–Trinajstić information content (AvgIpc) is 2.89. The van der Waals surface area contributed by atoms with E-state index in [1.165, 1.54) is 0 Å². The van der Waals surface area contributed by atoms with E-state index < -0.39 is 5.54 Å². The molecule has 1 aliphatic carbocycles.